The van der Waals surface area contributed by atoms with Crippen LogP contribution < -0.4 is 15.9 Å². The van der Waals surface area contributed by atoms with Gasteiger partial charge in [0, 0.05) is 12.2 Å². The van der Waals surface area contributed by atoms with Gasteiger partial charge in [-0.1, -0.05) is 84.9 Å². The summed E-state index contributed by atoms with van der Waals surface area (Å²) in [4.78, 5) is 0. The van der Waals surface area contributed by atoms with Crippen molar-refractivity contribution in [1.82, 2.24) is 0 Å². The summed E-state index contributed by atoms with van der Waals surface area (Å²) in [6, 6.07) is 43.4. The van der Waals surface area contributed by atoms with Crippen LogP contribution in [-0.4, -0.2) is 12.1 Å². The van der Waals surface area contributed by atoms with Gasteiger partial charge in [0.15, 0.2) is 0 Å². The number of ether oxygens (including phenoxy) is 1. The number of benzene rings is 4. The van der Waals surface area contributed by atoms with Crippen LogP contribution >= 0.6 is 7.26 Å². The molecule has 0 heterocycles. The van der Waals surface area contributed by atoms with Gasteiger partial charge in [-0.25, -0.2) is 0 Å². The molecule has 4 rings (SSSR count). The molecule has 0 aliphatic carbocycles. The van der Waals surface area contributed by atoms with E-state index >= 15 is 0 Å². The van der Waals surface area contributed by atoms with Crippen LogP contribution in [0.15, 0.2) is 121 Å². The number of hydrogen-bond acceptors (Lipinski definition) is 2. The van der Waals surface area contributed by atoms with Crippen molar-refractivity contribution in [3.63, 3.8) is 0 Å². The van der Waals surface area contributed by atoms with Crippen LogP contribution in [0, 0.1) is 0 Å². The van der Waals surface area contributed by atoms with E-state index < -0.39 is 7.26 Å². The van der Waals surface area contributed by atoms with Crippen LogP contribution in [-0.2, 0) is 4.74 Å². The van der Waals surface area contributed by atoms with E-state index in [4.69, 9.17) is 4.74 Å². The first-order valence-corrected chi connectivity index (χ1v) is 11.9. The third-order valence-electron chi connectivity index (χ3n) is 5.25. The second-order valence-electron chi connectivity index (χ2n) is 6.95. The molecule has 0 bridgehead atoms. The average molecular weight is 414 g/mol. The minimum atomic E-state index is -2.12. The highest BCUT2D eigenvalue weighted by Crippen LogP contribution is 2.67. The van der Waals surface area contributed by atoms with Gasteiger partial charge in [-0.3, -0.25) is 0 Å². The van der Waals surface area contributed by atoms with Crippen LogP contribution in [0.25, 0.3) is 0 Å². The first-order chi connectivity index (χ1) is 14.4. The summed E-state index contributed by atoms with van der Waals surface area (Å²) in [5, 5.41) is 4.00. The lowest BCUT2D eigenvalue weighted by atomic mass is 10.2. The molecule has 0 spiro atoms. The standard InChI is InChI=1S/C27H26OP.H2O/c1-2-28-27(23-15-7-3-8-16-23)29(24-17-9-4-10-18-24,25-19-11-5-12-20-25)26-21-13-6-14-22-26;/h3-22,27H,2H2,1H3;1H2/q+1;/p-1. The third kappa shape index (κ3) is 4.08. The molecular formula is C27H27O2P. The minimum absolute atomic E-state index is 0. The second-order valence-corrected chi connectivity index (χ2v) is 10.4. The molecule has 4 aromatic rings. The monoisotopic (exact) mass is 414 g/mol. The molecular weight excluding hydrogens is 387 g/mol. The highest BCUT2D eigenvalue weighted by atomic mass is 31.2. The maximum absolute atomic E-state index is 6.61. The molecule has 4 aromatic carbocycles. The van der Waals surface area contributed by atoms with Gasteiger partial charge >= 0.3 is 0 Å². The van der Waals surface area contributed by atoms with Crippen LogP contribution in [0.1, 0.15) is 18.3 Å². The van der Waals surface area contributed by atoms with E-state index in [2.05, 4.69) is 128 Å². The average Bonchev–Trinajstić information content (AvgIpc) is 2.82. The molecule has 0 aliphatic heterocycles. The Morgan fingerprint density at radius 3 is 1.23 bits per heavy atom. The molecule has 152 valence electrons. The summed E-state index contributed by atoms with van der Waals surface area (Å²) in [5.41, 5.74) is 1.22. The van der Waals surface area contributed by atoms with Gasteiger partial charge in [-0.2, -0.15) is 0 Å². The van der Waals surface area contributed by atoms with E-state index in [1.165, 1.54) is 21.5 Å². The highest BCUT2D eigenvalue weighted by Gasteiger charge is 2.54. The maximum atomic E-state index is 6.61. The Morgan fingerprint density at radius 1 is 0.567 bits per heavy atom. The van der Waals surface area contributed by atoms with Crippen LogP contribution in [0.5, 0.6) is 0 Å². The molecule has 1 atom stereocenters. The fourth-order valence-corrected chi connectivity index (χ4v) is 8.68. The van der Waals surface area contributed by atoms with E-state index in [9.17, 15) is 0 Å². The zero-order chi connectivity index (χ0) is 19.9. The van der Waals surface area contributed by atoms with Crippen molar-refractivity contribution in [2.75, 3.05) is 6.61 Å². The highest BCUT2D eigenvalue weighted by molar-refractivity contribution is 7.95. The zero-order valence-corrected chi connectivity index (χ0v) is 18.0. The molecule has 0 saturated heterocycles. The van der Waals surface area contributed by atoms with Gasteiger partial charge < -0.3 is 10.2 Å². The summed E-state index contributed by atoms with van der Waals surface area (Å²) < 4.78 is 6.61. The lowest BCUT2D eigenvalue weighted by Crippen LogP contribution is -2.36. The largest absolute Gasteiger partial charge is 0.870 e. The topological polar surface area (TPSA) is 39.2 Å². The van der Waals surface area contributed by atoms with Gasteiger partial charge in [0.05, 0.1) is 0 Å². The van der Waals surface area contributed by atoms with E-state index in [0.717, 1.165) is 0 Å². The van der Waals surface area contributed by atoms with Gasteiger partial charge in [-0.15, -0.1) is 0 Å². The molecule has 2 nitrogen and oxygen atoms in total. The summed E-state index contributed by atoms with van der Waals surface area (Å²) in [5.74, 6) is -0.0547. The van der Waals surface area contributed by atoms with Crippen molar-refractivity contribution >= 4 is 23.2 Å². The van der Waals surface area contributed by atoms with Crippen molar-refractivity contribution in [3.8, 4) is 0 Å². The van der Waals surface area contributed by atoms with E-state index in [0.29, 0.717) is 6.61 Å². The molecule has 0 fully saturated rings. The smallest absolute Gasteiger partial charge is 0.206 e. The van der Waals surface area contributed by atoms with Crippen LogP contribution in [0.3, 0.4) is 0 Å². The van der Waals surface area contributed by atoms with Crippen LogP contribution in [0.2, 0.25) is 0 Å². The fourth-order valence-electron chi connectivity index (χ4n) is 4.05. The van der Waals surface area contributed by atoms with E-state index in [1.807, 2.05) is 0 Å². The molecule has 0 saturated carbocycles. The summed E-state index contributed by atoms with van der Waals surface area (Å²) >= 11 is 0. The SMILES string of the molecule is CCOC(c1ccccc1)[P+](c1ccccc1)(c1ccccc1)c1ccccc1.[OH-]. The second kappa shape index (κ2) is 10.3. The van der Waals surface area contributed by atoms with Gasteiger partial charge in [0.1, 0.15) is 23.2 Å². The Morgan fingerprint density at radius 2 is 0.900 bits per heavy atom. The number of hydrogen-bond donors (Lipinski definition) is 0. The Kier molecular flexibility index (Phi) is 7.54. The number of rotatable bonds is 7. The lowest BCUT2D eigenvalue weighted by Gasteiger charge is -2.34. The third-order valence-corrected chi connectivity index (χ3v) is 9.74. The molecule has 1 unspecified atom stereocenters. The van der Waals surface area contributed by atoms with Crippen molar-refractivity contribution in [1.29, 1.82) is 0 Å². The van der Waals surface area contributed by atoms with Crippen LogP contribution in [0.4, 0.5) is 0 Å². The predicted molar refractivity (Wildman–Crippen MR) is 128 cm³/mol. The Hall–Kier alpha value is -2.77. The molecule has 0 aliphatic rings. The van der Waals surface area contributed by atoms with E-state index in [-0.39, 0.29) is 11.3 Å². The van der Waals surface area contributed by atoms with Crippen molar-refractivity contribution in [2.24, 2.45) is 0 Å². The quantitative estimate of drug-likeness (QED) is 0.373. The molecule has 0 amide bonds. The van der Waals surface area contributed by atoms with Gasteiger partial charge in [0.25, 0.3) is 0 Å². The molecule has 0 radical (unpaired) electrons. The molecule has 1 N–H and O–H groups in total. The minimum Gasteiger partial charge on any atom is -0.870 e. The lowest BCUT2D eigenvalue weighted by molar-refractivity contribution is 0.122. The van der Waals surface area contributed by atoms with Crippen molar-refractivity contribution in [3.05, 3.63) is 127 Å². The van der Waals surface area contributed by atoms with E-state index in [1.54, 1.807) is 0 Å². The van der Waals surface area contributed by atoms with Gasteiger partial charge in [-0.05, 0) is 43.3 Å². The summed E-state index contributed by atoms with van der Waals surface area (Å²) in [6.07, 6.45) is 0. The van der Waals surface area contributed by atoms with Crippen molar-refractivity contribution < 1.29 is 10.2 Å². The molecule has 0 aromatic heterocycles. The molecule has 3 heteroatoms. The normalized spacial score (nSPS) is 12.0. The van der Waals surface area contributed by atoms with Gasteiger partial charge in [0.2, 0.25) is 5.85 Å². The Bertz CT molecular complexity index is 909. The zero-order valence-electron chi connectivity index (χ0n) is 17.1. The first-order valence-electron chi connectivity index (χ1n) is 10.1. The summed E-state index contributed by atoms with van der Waals surface area (Å²) in [7, 11) is -2.12. The Balaban J connectivity index is 0.00000256. The van der Waals surface area contributed by atoms with Crippen molar-refractivity contribution in [2.45, 2.75) is 12.8 Å². The predicted octanol–water partition coefficient (Wildman–Crippen LogP) is 5.54. The summed E-state index contributed by atoms with van der Waals surface area (Å²) in [6.45, 7) is 2.75. The first kappa shape index (κ1) is 21.9. The fraction of sp³-hybridized carbons (Fsp3) is 0.111. The maximum Gasteiger partial charge on any atom is 0.206 e. The molecule has 30 heavy (non-hydrogen) atoms. The Labute approximate surface area is 179 Å².